The van der Waals surface area contributed by atoms with Crippen LogP contribution in [0.4, 0.5) is 5.13 Å². The molecule has 6 heteroatoms. The second kappa shape index (κ2) is 8.03. The number of thiazole rings is 1. The van der Waals surface area contributed by atoms with Crippen LogP contribution < -0.4 is 5.32 Å². The van der Waals surface area contributed by atoms with Crippen molar-refractivity contribution in [3.05, 3.63) is 81.8 Å². The number of rotatable bonds is 6. The number of para-hydroxylation sites is 1. The first-order valence-electron chi connectivity index (χ1n) is 9.83. The molecule has 2 aromatic heterocycles. The summed E-state index contributed by atoms with van der Waals surface area (Å²) in [7, 11) is 0. The first kappa shape index (κ1) is 19.6. The van der Waals surface area contributed by atoms with Crippen molar-refractivity contribution >= 4 is 56.6 Å². The van der Waals surface area contributed by atoms with Gasteiger partial charge in [-0.3, -0.25) is 4.98 Å². The molecule has 1 atom stereocenters. The molecule has 4 aromatic rings. The number of anilines is 1. The lowest BCUT2D eigenvalue weighted by Crippen LogP contribution is -2.13. The quantitative estimate of drug-likeness (QED) is 0.323. The Hall–Kier alpha value is -2.40. The van der Waals surface area contributed by atoms with Crippen molar-refractivity contribution in [2.45, 2.75) is 18.9 Å². The fraction of sp³-hybridized carbons (Fsp3) is 0.167. The van der Waals surface area contributed by atoms with Crippen LogP contribution in [0.5, 0.6) is 0 Å². The molecule has 1 aliphatic carbocycles. The summed E-state index contributed by atoms with van der Waals surface area (Å²) in [6.07, 6.45) is 6.15. The van der Waals surface area contributed by atoms with Crippen molar-refractivity contribution in [3.63, 3.8) is 0 Å². The van der Waals surface area contributed by atoms with E-state index in [2.05, 4.69) is 41.1 Å². The van der Waals surface area contributed by atoms with Gasteiger partial charge in [0.15, 0.2) is 5.13 Å². The molecule has 1 aliphatic rings. The molecule has 0 radical (unpaired) electrons. The minimum Gasteiger partial charge on any atom is -0.354 e. The van der Waals surface area contributed by atoms with Crippen LogP contribution in [-0.2, 0) is 0 Å². The Bertz CT molecular complexity index is 1240. The van der Waals surface area contributed by atoms with Crippen molar-refractivity contribution in [2.75, 3.05) is 5.32 Å². The standard InChI is InChI=1S/C24H19Cl2N3S/c1-2-21-23(18-10-9-15(25)13-19(18)26)29-24(30-21)28-22(14-7-8-14)17-11-12-27-20-6-4-3-5-16(17)20/h2-6,9-14,22H,1,7-8H2,(H,28,29). The normalized spacial score (nSPS) is 14.6. The number of halogens is 2. The van der Waals surface area contributed by atoms with E-state index in [0.29, 0.717) is 16.0 Å². The van der Waals surface area contributed by atoms with Gasteiger partial charge in [-0.15, -0.1) is 0 Å². The van der Waals surface area contributed by atoms with Gasteiger partial charge in [-0.2, -0.15) is 0 Å². The lowest BCUT2D eigenvalue weighted by atomic mass is 9.98. The Labute approximate surface area is 189 Å². The lowest BCUT2D eigenvalue weighted by Gasteiger charge is -2.20. The molecule has 150 valence electrons. The third kappa shape index (κ3) is 3.71. The fourth-order valence-corrected chi connectivity index (χ4v) is 5.17. The smallest absolute Gasteiger partial charge is 0.184 e. The summed E-state index contributed by atoms with van der Waals surface area (Å²) in [6.45, 7) is 3.97. The van der Waals surface area contributed by atoms with E-state index >= 15 is 0 Å². The molecule has 2 aromatic carbocycles. The molecule has 5 rings (SSSR count). The monoisotopic (exact) mass is 451 g/mol. The summed E-state index contributed by atoms with van der Waals surface area (Å²) in [5, 5.41) is 6.95. The average Bonchev–Trinajstić information content (AvgIpc) is 3.52. The van der Waals surface area contributed by atoms with Crippen LogP contribution in [0.25, 0.3) is 28.2 Å². The van der Waals surface area contributed by atoms with Gasteiger partial charge in [-0.25, -0.2) is 4.98 Å². The lowest BCUT2D eigenvalue weighted by molar-refractivity contribution is 0.682. The zero-order valence-electron chi connectivity index (χ0n) is 16.1. The Morgan fingerprint density at radius 1 is 1.13 bits per heavy atom. The summed E-state index contributed by atoms with van der Waals surface area (Å²) in [5.74, 6) is 0.592. The molecule has 1 saturated carbocycles. The van der Waals surface area contributed by atoms with E-state index in [-0.39, 0.29) is 6.04 Å². The molecular formula is C24H19Cl2N3S. The van der Waals surface area contributed by atoms with Crippen molar-refractivity contribution in [2.24, 2.45) is 5.92 Å². The second-order valence-electron chi connectivity index (χ2n) is 7.44. The van der Waals surface area contributed by atoms with Crippen LogP contribution in [0.15, 0.2) is 61.3 Å². The van der Waals surface area contributed by atoms with E-state index in [1.165, 1.54) is 23.8 Å². The highest BCUT2D eigenvalue weighted by molar-refractivity contribution is 7.16. The predicted octanol–water partition coefficient (Wildman–Crippen LogP) is 7.87. The summed E-state index contributed by atoms with van der Waals surface area (Å²) in [6, 6.07) is 16.1. The molecule has 1 unspecified atom stereocenters. The average molecular weight is 452 g/mol. The topological polar surface area (TPSA) is 37.8 Å². The van der Waals surface area contributed by atoms with Gasteiger partial charge in [0.1, 0.15) is 0 Å². The minimum atomic E-state index is 0.190. The van der Waals surface area contributed by atoms with Crippen molar-refractivity contribution in [1.82, 2.24) is 9.97 Å². The van der Waals surface area contributed by atoms with Gasteiger partial charge in [0.25, 0.3) is 0 Å². The zero-order valence-corrected chi connectivity index (χ0v) is 18.4. The summed E-state index contributed by atoms with van der Waals surface area (Å²) < 4.78 is 0. The fourth-order valence-electron chi connectivity index (χ4n) is 3.81. The van der Waals surface area contributed by atoms with Crippen molar-refractivity contribution in [3.8, 4) is 11.3 Å². The van der Waals surface area contributed by atoms with Crippen molar-refractivity contribution < 1.29 is 0 Å². The molecule has 1 fully saturated rings. The molecule has 0 amide bonds. The molecule has 0 saturated heterocycles. The third-order valence-electron chi connectivity index (χ3n) is 5.42. The first-order valence-corrected chi connectivity index (χ1v) is 11.4. The highest BCUT2D eigenvalue weighted by Crippen LogP contribution is 2.46. The maximum absolute atomic E-state index is 6.45. The van der Waals surface area contributed by atoms with Crippen LogP contribution in [0.2, 0.25) is 10.0 Å². The summed E-state index contributed by atoms with van der Waals surface area (Å²) >= 11 is 14.1. The Morgan fingerprint density at radius 2 is 1.97 bits per heavy atom. The van der Waals surface area contributed by atoms with Crippen LogP contribution in [0.3, 0.4) is 0 Å². The van der Waals surface area contributed by atoms with E-state index in [0.717, 1.165) is 26.8 Å². The van der Waals surface area contributed by atoms with E-state index in [1.54, 1.807) is 17.4 Å². The molecule has 30 heavy (non-hydrogen) atoms. The van der Waals surface area contributed by atoms with E-state index < -0.39 is 0 Å². The van der Waals surface area contributed by atoms with E-state index in [1.807, 2.05) is 30.5 Å². The number of pyridine rings is 1. The Morgan fingerprint density at radius 3 is 2.73 bits per heavy atom. The number of aromatic nitrogens is 2. The van der Waals surface area contributed by atoms with Gasteiger partial charge < -0.3 is 5.32 Å². The number of nitrogens with one attached hydrogen (secondary N) is 1. The molecule has 1 N–H and O–H groups in total. The third-order valence-corrected chi connectivity index (χ3v) is 6.95. The number of nitrogens with zero attached hydrogens (tertiary/aromatic N) is 2. The van der Waals surface area contributed by atoms with Crippen molar-refractivity contribution in [1.29, 1.82) is 0 Å². The molecular weight excluding hydrogens is 433 g/mol. The Kier molecular flexibility index (Phi) is 5.23. The molecule has 3 nitrogen and oxygen atoms in total. The number of hydrogen-bond acceptors (Lipinski definition) is 4. The van der Waals surface area contributed by atoms with Crippen LogP contribution in [-0.4, -0.2) is 9.97 Å². The number of benzene rings is 2. The van der Waals surface area contributed by atoms with Crippen LogP contribution in [0, 0.1) is 5.92 Å². The summed E-state index contributed by atoms with van der Waals surface area (Å²) in [4.78, 5) is 10.4. The van der Waals surface area contributed by atoms with Crippen LogP contribution >= 0.6 is 34.5 Å². The van der Waals surface area contributed by atoms with Gasteiger partial charge in [-0.05, 0) is 60.7 Å². The predicted molar refractivity (Wildman–Crippen MR) is 128 cm³/mol. The van der Waals surface area contributed by atoms with E-state index in [4.69, 9.17) is 28.2 Å². The largest absolute Gasteiger partial charge is 0.354 e. The maximum Gasteiger partial charge on any atom is 0.184 e. The molecule has 2 heterocycles. The van der Waals surface area contributed by atoms with Gasteiger partial charge in [0.2, 0.25) is 0 Å². The second-order valence-corrected chi connectivity index (χ2v) is 9.31. The number of fused-ring (bicyclic) bond motifs is 1. The molecule has 0 aliphatic heterocycles. The van der Waals surface area contributed by atoms with E-state index in [9.17, 15) is 0 Å². The zero-order chi connectivity index (χ0) is 20.7. The number of hydrogen-bond donors (Lipinski definition) is 1. The van der Waals surface area contributed by atoms with Gasteiger partial charge in [0.05, 0.1) is 27.2 Å². The molecule has 0 bridgehead atoms. The minimum absolute atomic E-state index is 0.190. The van der Waals surface area contributed by atoms with Gasteiger partial charge >= 0.3 is 0 Å². The maximum atomic E-state index is 6.45. The SMILES string of the molecule is C=Cc1sc(NC(c2ccnc3ccccc23)C2CC2)nc1-c1ccc(Cl)cc1Cl. The first-order chi connectivity index (χ1) is 14.6. The van der Waals surface area contributed by atoms with Gasteiger partial charge in [0, 0.05) is 22.2 Å². The molecule has 0 spiro atoms. The highest BCUT2D eigenvalue weighted by atomic mass is 35.5. The van der Waals surface area contributed by atoms with Crippen LogP contribution in [0.1, 0.15) is 29.3 Å². The van der Waals surface area contributed by atoms with Gasteiger partial charge in [-0.1, -0.05) is 59.3 Å². The highest BCUT2D eigenvalue weighted by Gasteiger charge is 2.34. The summed E-state index contributed by atoms with van der Waals surface area (Å²) in [5.41, 5.74) is 3.97. The Balaban J connectivity index is 1.54.